The van der Waals surface area contributed by atoms with E-state index in [4.69, 9.17) is 37.0 Å². The first kappa shape index (κ1) is 83.1. The van der Waals surface area contributed by atoms with Crippen LogP contribution in [0.5, 0.6) is 0 Å². The van der Waals surface area contributed by atoms with E-state index in [0.717, 1.165) is 96.3 Å². The van der Waals surface area contributed by atoms with Gasteiger partial charge in [-0.3, -0.25) is 37.3 Å². The molecule has 3 N–H and O–H groups in total. The maximum Gasteiger partial charge on any atom is 0.472 e. The highest BCUT2D eigenvalue weighted by Gasteiger charge is 2.30. The van der Waals surface area contributed by atoms with E-state index >= 15 is 0 Å². The van der Waals surface area contributed by atoms with Crippen molar-refractivity contribution < 1.29 is 80.2 Å². The van der Waals surface area contributed by atoms with Gasteiger partial charge in [0.25, 0.3) is 0 Å². The summed E-state index contributed by atoms with van der Waals surface area (Å²) in [6, 6.07) is 0. The highest BCUT2D eigenvalue weighted by Crippen LogP contribution is 2.45. The van der Waals surface area contributed by atoms with Gasteiger partial charge >= 0.3 is 39.5 Å². The number of phosphoric acid groups is 2. The number of ether oxygens (including phenoxy) is 4. The van der Waals surface area contributed by atoms with Crippen LogP contribution in [0.4, 0.5) is 0 Å². The van der Waals surface area contributed by atoms with Crippen molar-refractivity contribution >= 4 is 39.5 Å². The summed E-state index contributed by atoms with van der Waals surface area (Å²) >= 11 is 0. The zero-order chi connectivity index (χ0) is 62.8. The summed E-state index contributed by atoms with van der Waals surface area (Å²) in [6.07, 6.45) is 44.4. The predicted octanol–water partition coefficient (Wildman–Crippen LogP) is 18.6. The van der Waals surface area contributed by atoms with Crippen LogP contribution in [0.15, 0.2) is 0 Å². The number of carbonyl (C=O) groups is 4. The molecule has 0 rings (SSSR count). The molecular formula is C66H128O17P2. The van der Waals surface area contributed by atoms with Crippen LogP contribution in [-0.2, 0) is 65.4 Å². The lowest BCUT2D eigenvalue weighted by Gasteiger charge is -2.21. The fourth-order valence-corrected chi connectivity index (χ4v) is 11.5. The zero-order valence-corrected chi connectivity index (χ0v) is 56.5. The Morgan fingerprint density at radius 3 is 0.800 bits per heavy atom. The summed E-state index contributed by atoms with van der Waals surface area (Å²) in [6.45, 7) is 7.15. The Morgan fingerprint density at radius 2 is 0.541 bits per heavy atom. The Hall–Kier alpha value is -1.94. The normalized spacial score (nSPS) is 14.2. The van der Waals surface area contributed by atoms with Gasteiger partial charge in [-0.05, 0) is 31.6 Å². The first-order chi connectivity index (χ1) is 41.0. The molecule has 5 atom stereocenters. The molecule has 0 aliphatic rings. The van der Waals surface area contributed by atoms with E-state index in [1.807, 2.05) is 0 Å². The fourth-order valence-electron chi connectivity index (χ4n) is 9.94. The number of aliphatic hydroxyl groups is 1. The summed E-state index contributed by atoms with van der Waals surface area (Å²) in [5.41, 5.74) is 0. The molecule has 0 aromatic carbocycles. The lowest BCUT2D eigenvalue weighted by molar-refractivity contribution is -0.161. The van der Waals surface area contributed by atoms with E-state index in [2.05, 4.69) is 34.6 Å². The maximum absolute atomic E-state index is 13.0. The number of rotatable bonds is 66. The van der Waals surface area contributed by atoms with Crippen molar-refractivity contribution in [3.05, 3.63) is 0 Å². The van der Waals surface area contributed by atoms with Crippen LogP contribution in [0, 0.1) is 5.92 Å². The summed E-state index contributed by atoms with van der Waals surface area (Å²) in [5, 5.41) is 10.5. The summed E-state index contributed by atoms with van der Waals surface area (Å²) < 4.78 is 68.1. The molecule has 0 spiro atoms. The molecule has 0 saturated heterocycles. The predicted molar refractivity (Wildman–Crippen MR) is 340 cm³/mol. The topological polar surface area (TPSA) is 237 Å². The second kappa shape index (κ2) is 59.7. The molecular weight excluding hydrogens is 1130 g/mol. The standard InChI is InChI=1S/C66H128O17P2/c1-6-9-12-15-18-21-24-25-26-27-28-31-36-42-47-52-66(71)83-62(56-77-64(69)50-45-40-37-32-33-38-43-48-59(4)5)58-81-85(74,75)79-54-60(67)53-78-84(72,73)80-57-61(82-65(70)51-46-41-35-30-23-20-17-14-11-8-3)55-76-63(68)49-44-39-34-29-22-19-16-13-10-7-2/h59-62,67H,6-58H2,1-5H3,(H,72,73)(H,74,75)/t60-,61+,62+/m0/s1. The van der Waals surface area contributed by atoms with Crippen LogP contribution >= 0.6 is 15.6 Å². The fraction of sp³-hybridized carbons (Fsp3) is 0.939. The van der Waals surface area contributed by atoms with E-state index in [-0.39, 0.29) is 25.7 Å². The first-order valence-corrected chi connectivity index (χ1v) is 37.6. The Balaban J connectivity index is 5.22. The largest absolute Gasteiger partial charge is 0.472 e. The number of phosphoric ester groups is 2. The minimum atomic E-state index is -4.95. The molecule has 17 nitrogen and oxygen atoms in total. The molecule has 0 aromatic rings. The highest BCUT2D eigenvalue weighted by molar-refractivity contribution is 7.47. The minimum Gasteiger partial charge on any atom is -0.462 e. The average Bonchev–Trinajstić information content (AvgIpc) is 3.58. The van der Waals surface area contributed by atoms with Crippen LogP contribution in [0.3, 0.4) is 0 Å². The Bertz CT molecular complexity index is 1650. The second-order valence-electron chi connectivity index (χ2n) is 24.3. The van der Waals surface area contributed by atoms with Gasteiger partial charge in [-0.1, -0.05) is 285 Å². The van der Waals surface area contributed by atoms with Crippen molar-refractivity contribution in [2.24, 2.45) is 5.92 Å². The van der Waals surface area contributed by atoms with Gasteiger partial charge in [-0.2, -0.15) is 0 Å². The van der Waals surface area contributed by atoms with Gasteiger partial charge in [0, 0.05) is 25.7 Å². The van der Waals surface area contributed by atoms with Crippen molar-refractivity contribution in [3.63, 3.8) is 0 Å². The van der Waals surface area contributed by atoms with E-state index in [9.17, 15) is 43.2 Å². The van der Waals surface area contributed by atoms with Crippen LogP contribution in [0.1, 0.15) is 336 Å². The molecule has 0 radical (unpaired) electrons. The second-order valence-corrected chi connectivity index (χ2v) is 27.2. The van der Waals surface area contributed by atoms with E-state index < -0.39 is 97.5 Å². The Labute approximate surface area is 517 Å². The van der Waals surface area contributed by atoms with Gasteiger partial charge in [-0.25, -0.2) is 9.13 Å². The number of hydrogen-bond acceptors (Lipinski definition) is 15. The van der Waals surface area contributed by atoms with Gasteiger partial charge in [0.15, 0.2) is 12.2 Å². The first-order valence-electron chi connectivity index (χ1n) is 34.6. The maximum atomic E-state index is 13.0. The molecule has 19 heteroatoms. The molecule has 0 fully saturated rings. The summed E-state index contributed by atoms with van der Waals surface area (Å²) in [5.74, 6) is -1.42. The van der Waals surface area contributed by atoms with Gasteiger partial charge in [-0.15, -0.1) is 0 Å². The summed E-state index contributed by atoms with van der Waals surface area (Å²) in [4.78, 5) is 72.3. The van der Waals surface area contributed by atoms with Gasteiger partial charge in [0.1, 0.15) is 19.3 Å². The molecule has 85 heavy (non-hydrogen) atoms. The molecule has 2 unspecified atom stereocenters. The Kier molecular flexibility index (Phi) is 58.3. The third-order valence-corrected chi connectivity index (χ3v) is 17.2. The van der Waals surface area contributed by atoms with Crippen molar-refractivity contribution in [2.45, 2.75) is 355 Å². The monoisotopic (exact) mass is 1250 g/mol. The molecule has 0 amide bonds. The highest BCUT2D eigenvalue weighted by atomic mass is 31.2. The minimum absolute atomic E-state index is 0.107. The molecule has 0 aromatic heterocycles. The van der Waals surface area contributed by atoms with Crippen LogP contribution in [0.25, 0.3) is 0 Å². The SMILES string of the molecule is CCCCCCCCCCCCCCCCCC(=O)O[C@H](COC(=O)CCCCCCCCCC(C)C)COP(=O)(O)OC[C@@H](O)COP(=O)(O)OC[C@@H](COC(=O)CCCCCCCCCCCC)OC(=O)CCCCCCCCCCCC. The van der Waals surface area contributed by atoms with E-state index in [0.29, 0.717) is 31.6 Å². The lowest BCUT2D eigenvalue weighted by atomic mass is 10.0. The molecule has 0 aliphatic carbocycles. The van der Waals surface area contributed by atoms with Crippen molar-refractivity contribution in [2.75, 3.05) is 39.6 Å². The number of hydrogen-bond donors (Lipinski definition) is 3. The van der Waals surface area contributed by atoms with Crippen LogP contribution in [0.2, 0.25) is 0 Å². The molecule has 0 aliphatic heterocycles. The molecule has 504 valence electrons. The Morgan fingerprint density at radius 1 is 0.318 bits per heavy atom. The van der Waals surface area contributed by atoms with Crippen molar-refractivity contribution in [1.29, 1.82) is 0 Å². The third-order valence-electron chi connectivity index (χ3n) is 15.3. The number of unbranched alkanes of at least 4 members (excludes halogenated alkanes) is 38. The van der Waals surface area contributed by atoms with Crippen LogP contribution in [-0.4, -0.2) is 96.7 Å². The van der Waals surface area contributed by atoms with Crippen molar-refractivity contribution in [3.8, 4) is 0 Å². The van der Waals surface area contributed by atoms with E-state index in [1.54, 1.807) is 0 Å². The van der Waals surface area contributed by atoms with Crippen molar-refractivity contribution in [1.82, 2.24) is 0 Å². The molecule has 0 heterocycles. The van der Waals surface area contributed by atoms with Gasteiger partial charge in [0.2, 0.25) is 0 Å². The summed E-state index contributed by atoms with van der Waals surface area (Å²) in [7, 11) is -9.89. The average molecular weight is 1260 g/mol. The number of esters is 4. The van der Waals surface area contributed by atoms with Gasteiger partial charge < -0.3 is 33.8 Å². The molecule has 0 bridgehead atoms. The molecule has 0 saturated carbocycles. The van der Waals surface area contributed by atoms with Crippen LogP contribution < -0.4 is 0 Å². The number of carbonyl (C=O) groups excluding carboxylic acids is 4. The van der Waals surface area contributed by atoms with E-state index in [1.165, 1.54) is 154 Å². The number of aliphatic hydroxyl groups excluding tert-OH is 1. The quantitative estimate of drug-likeness (QED) is 0.0222. The third kappa shape index (κ3) is 60.7. The zero-order valence-electron chi connectivity index (χ0n) is 54.7. The smallest absolute Gasteiger partial charge is 0.462 e. The lowest BCUT2D eigenvalue weighted by Crippen LogP contribution is -2.30. The van der Waals surface area contributed by atoms with Gasteiger partial charge in [0.05, 0.1) is 26.4 Å².